The van der Waals surface area contributed by atoms with Gasteiger partial charge in [0.2, 0.25) is 10.0 Å². The average molecular weight is 272 g/mol. The maximum atomic E-state index is 11.6. The molecule has 1 aromatic carbocycles. The first-order valence-corrected chi connectivity index (χ1v) is 7.17. The molecule has 0 heterocycles. The van der Waals surface area contributed by atoms with Gasteiger partial charge in [0.05, 0.1) is 4.90 Å². The summed E-state index contributed by atoms with van der Waals surface area (Å²) in [6, 6.07) is 6.58. The molecule has 1 aromatic rings. The van der Waals surface area contributed by atoms with E-state index in [1.165, 1.54) is 13.1 Å². The van der Waals surface area contributed by atoms with Gasteiger partial charge in [-0.15, -0.1) is 0 Å². The van der Waals surface area contributed by atoms with E-state index in [4.69, 9.17) is 5.11 Å². The Hall–Kier alpha value is -1.11. The van der Waals surface area contributed by atoms with Gasteiger partial charge in [-0.1, -0.05) is 19.9 Å². The Bertz CT molecular complexity index is 498. The molecule has 5 nitrogen and oxygen atoms in total. The lowest BCUT2D eigenvalue weighted by molar-refractivity contribution is 0.171. The number of aliphatic hydroxyl groups is 1. The fourth-order valence-electron chi connectivity index (χ4n) is 1.29. The van der Waals surface area contributed by atoms with Crippen molar-refractivity contribution < 1.29 is 13.5 Å². The van der Waals surface area contributed by atoms with E-state index < -0.39 is 10.0 Å². The predicted octanol–water partition coefficient (Wildman–Crippen LogP) is 1.03. The van der Waals surface area contributed by atoms with Gasteiger partial charge in [0.25, 0.3) is 0 Å². The second-order valence-corrected chi connectivity index (χ2v) is 6.80. The van der Waals surface area contributed by atoms with Crippen molar-refractivity contribution in [2.75, 3.05) is 25.5 Å². The van der Waals surface area contributed by atoms with Crippen LogP contribution in [-0.2, 0) is 10.0 Å². The number of anilines is 1. The minimum absolute atomic E-state index is 0.0640. The van der Waals surface area contributed by atoms with Crippen LogP contribution >= 0.6 is 0 Å². The SMILES string of the molecule is CNS(=O)(=O)c1cccc(NCC(C)(C)CO)c1. The highest BCUT2D eigenvalue weighted by Crippen LogP contribution is 2.18. The molecule has 0 fully saturated rings. The summed E-state index contributed by atoms with van der Waals surface area (Å²) in [5.74, 6) is 0. The quantitative estimate of drug-likeness (QED) is 0.722. The third-order valence-electron chi connectivity index (χ3n) is 2.61. The van der Waals surface area contributed by atoms with Crippen LogP contribution in [-0.4, -0.2) is 33.7 Å². The number of benzene rings is 1. The van der Waals surface area contributed by atoms with Crippen LogP contribution in [0.4, 0.5) is 5.69 Å². The maximum absolute atomic E-state index is 11.6. The van der Waals surface area contributed by atoms with Crippen molar-refractivity contribution in [1.82, 2.24) is 4.72 Å². The number of hydrogen-bond donors (Lipinski definition) is 3. The molecule has 0 aliphatic rings. The van der Waals surface area contributed by atoms with E-state index >= 15 is 0 Å². The standard InChI is InChI=1S/C12H20N2O3S/c1-12(2,9-15)8-14-10-5-4-6-11(7-10)18(16,17)13-3/h4-7,13-15H,8-9H2,1-3H3. The fourth-order valence-corrected chi connectivity index (χ4v) is 2.06. The first-order valence-electron chi connectivity index (χ1n) is 5.69. The highest BCUT2D eigenvalue weighted by molar-refractivity contribution is 7.89. The lowest BCUT2D eigenvalue weighted by Crippen LogP contribution is -2.27. The molecule has 0 atom stereocenters. The van der Waals surface area contributed by atoms with E-state index in [0.717, 1.165) is 0 Å². The Kier molecular flexibility index (Phi) is 4.72. The Balaban J connectivity index is 2.84. The summed E-state index contributed by atoms with van der Waals surface area (Å²) < 4.78 is 25.5. The highest BCUT2D eigenvalue weighted by atomic mass is 32.2. The minimum Gasteiger partial charge on any atom is -0.396 e. The predicted molar refractivity (Wildman–Crippen MR) is 72.0 cm³/mol. The molecule has 0 unspecified atom stereocenters. The molecule has 102 valence electrons. The fraction of sp³-hybridized carbons (Fsp3) is 0.500. The number of hydrogen-bond acceptors (Lipinski definition) is 4. The first kappa shape index (κ1) is 14.9. The number of nitrogens with one attached hydrogen (secondary N) is 2. The minimum atomic E-state index is -3.42. The maximum Gasteiger partial charge on any atom is 0.240 e. The zero-order valence-corrected chi connectivity index (χ0v) is 11.7. The van der Waals surface area contributed by atoms with E-state index in [2.05, 4.69) is 10.0 Å². The third kappa shape index (κ3) is 3.97. The van der Waals surface area contributed by atoms with Crippen molar-refractivity contribution in [3.8, 4) is 0 Å². The molecule has 0 amide bonds. The first-order chi connectivity index (χ1) is 8.30. The molecule has 0 radical (unpaired) electrons. The zero-order valence-electron chi connectivity index (χ0n) is 10.9. The molecule has 0 spiro atoms. The molecular formula is C12H20N2O3S. The van der Waals surface area contributed by atoms with Crippen LogP contribution in [0.3, 0.4) is 0 Å². The van der Waals surface area contributed by atoms with Gasteiger partial charge in [-0.25, -0.2) is 13.1 Å². The van der Waals surface area contributed by atoms with E-state index in [-0.39, 0.29) is 16.9 Å². The lowest BCUT2D eigenvalue weighted by Gasteiger charge is -2.22. The molecule has 0 saturated carbocycles. The Labute approximate surface area is 108 Å². The second kappa shape index (κ2) is 5.69. The van der Waals surface area contributed by atoms with Gasteiger partial charge in [0.1, 0.15) is 0 Å². The molecule has 18 heavy (non-hydrogen) atoms. The van der Waals surface area contributed by atoms with Crippen molar-refractivity contribution >= 4 is 15.7 Å². The third-order valence-corrected chi connectivity index (χ3v) is 4.02. The lowest BCUT2D eigenvalue weighted by atomic mass is 9.95. The van der Waals surface area contributed by atoms with E-state index in [9.17, 15) is 8.42 Å². The summed E-state index contributed by atoms with van der Waals surface area (Å²) in [6.07, 6.45) is 0. The van der Waals surface area contributed by atoms with Crippen molar-refractivity contribution in [2.45, 2.75) is 18.7 Å². The molecule has 0 aliphatic carbocycles. The highest BCUT2D eigenvalue weighted by Gasteiger charge is 2.16. The largest absolute Gasteiger partial charge is 0.396 e. The molecule has 3 N–H and O–H groups in total. The van der Waals surface area contributed by atoms with Gasteiger partial charge in [-0.05, 0) is 25.2 Å². The van der Waals surface area contributed by atoms with E-state index in [1.54, 1.807) is 18.2 Å². The summed E-state index contributed by atoms with van der Waals surface area (Å²) in [6.45, 7) is 4.48. The van der Waals surface area contributed by atoms with Crippen LogP contribution in [0, 0.1) is 5.41 Å². The monoisotopic (exact) mass is 272 g/mol. The Morgan fingerprint density at radius 1 is 1.33 bits per heavy atom. The molecule has 0 aromatic heterocycles. The van der Waals surface area contributed by atoms with Crippen molar-refractivity contribution in [3.63, 3.8) is 0 Å². The van der Waals surface area contributed by atoms with E-state index in [1.807, 2.05) is 13.8 Å². The van der Waals surface area contributed by atoms with Crippen LogP contribution in [0.1, 0.15) is 13.8 Å². The van der Waals surface area contributed by atoms with Crippen LogP contribution in [0.5, 0.6) is 0 Å². The molecule has 1 rings (SSSR count). The Morgan fingerprint density at radius 3 is 2.56 bits per heavy atom. The molecule has 0 aliphatic heterocycles. The van der Waals surface area contributed by atoms with Gasteiger partial charge in [-0.2, -0.15) is 0 Å². The number of rotatable bonds is 6. The van der Waals surface area contributed by atoms with Crippen LogP contribution < -0.4 is 10.0 Å². The topological polar surface area (TPSA) is 78.4 Å². The Morgan fingerprint density at radius 2 is 2.00 bits per heavy atom. The summed E-state index contributed by atoms with van der Waals surface area (Å²) >= 11 is 0. The number of sulfonamides is 1. The van der Waals surface area contributed by atoms with Gasteiger partial charge in [-0.3, -0.25) is 0 Å². The normalized spacial score (nSPS) is 12.4. The van der Waals surface area contributed by atoms with Crippen molar-refractivity contribution in [2.24, 2.45) is 5.41 Å². The van der Waals surface area contributed by atoms with Gasteiger partial charge < -0.3 is 10.4 Å². The van der Waals surface area contributed by atoms with Crippen LogP contribution in [0.25, 0.3) is 0 Å². The van der Waals surface area contributed by atoms with E-state index in [0.29, 0.717) is 12.2 Å². The second-order valence-electron chi connectivity index (χ2n) is 4.91. The van der Waals surface area contributed by atoms with Gasteiger partial charge >= 0.3 is 0 Å². The molecule has 0 saturated heterocycles. The van der Waals surface area contributed by atoms with Crippen molar-refractivity contribution in [1.29, 1.82) is 0 Å². The molecular weight excluding hydrogens is 252 g/mol. The van der Waals surface area contributed by atoms with Gasteiger partial charge in [0, 0.05) is 24.3 Å². The molecule has 0 bridgehead atoms. The average Bonchev–Trinajstić information content (AvgIpc) is 2.37. The smallest absolute Gasteiger partial charge is 0.240 e. The molecule has 6 heteroatoms. The summed E-state index contributed by atoms with van der Waals surface area (Å²) in [4.78, 5) is 0.219. The van der Waals surface area contributed by atoms with Crippen LogP contribution in [0.15, 0.2) is 29.2 Å². The van der Waals surface area contributed by atoms with Gasteiger partial charge in [0.15, 0.2) is 0 Å². The summed E-state index contributed by atoms with van der Waals surface area (Å²) in [5, 5.41) is 12.3. The zero-order chi connectivity index (χ0) is 13.8. The van der Waals surface area contributed by atoms with Crippen molar-refractivity contribution in [3.05, 3.63) is 24.3 Å². The summed E-state index contributed by atoms with van der Waals surface area (Å²) in [7, 11) is -2.04. The van der Waals surface area contributed by atoms with Crippen LogP contribution in [0.2, 0.25) is 0 Å². The summed E-state index contributed by atoms with van der Waals surface area (Å²) in [5.41, 5.74) is 0.464. The number of aliphatic hydroxyl groups excluding tert-OH is 1.